The zero-order valence-electron chi connectivity index (χ0n) is 20.8. The van der Waals surface area contributed by atoms with Crippen molar-refractivity contribution in [3.63, 3.8) is 0 Å². The van der Waals surface area contributed by atoms with Crippen LogP contribution in [0.25, 0.3) is 22.6 Å². The minimum absolute atomic E-state index is 0.126. The largest absolute Gasteiger partial charge is 0.441 e. The van der Waals surface area contributed by atoms with Crippen molar-refractivity contribution in [2.75, 3.05) is 31.1 Å². The first-order chi connectivity index (χ1) is 17.6. The van der Waals surface area contributed by atoms with E-state index in [0.29, 0.717) is 37.7 Å². The van der Waals surface area contributed by atoms with Gasteiger partial charge in [-0.3, -0.25) is 4.79 Å². The van der Waals surface area contributed by atoms with E-state index in [1.165, 1.54) is 5.56 Å². The molecule has 1 fully saturated rings. The molecule has 1 amide bonds. The molecule has 36 heavy (non-hydrogen) atoms. The van der Waals surface area contributed by atoms with Crippen LogP contribution in [0, 0.1) is 0 Å². The Morgan fingerprint density at radius 3 is 2.31 bits per heavy atom. The molecule has 0 saturated carbocycles. The van der Waals surface area contributed by atoms with Gasteiger partial charge in [0.25, 0.3) is 0 Å². The molecule has 0 spiro atoms. The number of amides is 1. The number of aryl methyl sites for hydroxylation is 1. The minimum Gasteiger partial charge on any atom is -0.441 e. The number of piperazine rings is 1. The van der Waals surface area contributed by atoms with Gasteiger partial charge in [-0.1, -0.05) is 68.4 Å². The second-order valence-electron chi connectivity index (χ2n) is 9.41. The van der Waals surface area contributed by atoms with Gasteiger partial charge < -0.3 is 14.2 Å². The molecule has 0 atom stereocenters. The van der Waals surface area contributed by atoms with Crippen LogP contribution in [0.5, 0.6) is 0 Å². The Labute approximate surface area is 211 Å². The van der Waals surface area contributed by atoms with Crippen molar-refractivity contribution in [1.29, 1.82) is 0 Å². The van der Waals surface area contributed by atoms with Crippen LogP contribution in [0.3, 0.4) is 0 Å². The van der Waals surface area contributed by atoms with Gasteiger partial charge in [0, 0.05) is 50.1 Å². The average Bonchev–Trinajstić information content (AvgIpc) is 3.42. The van der Waals surface area contributed by atoms with E-state index >= 15 is 0 Å². The van der Waals surface area contributed by atoms with Crippen LogP contribution in [0.4, 0.5) is 5.82 Å². The third kappa shape index (κ3) is 5.46. The van der Waals surface area contributed by atoms with Crippen LogP contribution in [0.2, 0.25) is 0 Å². The van der Waals surface area contributed by atoms with E-state index in [2.05, 4.69) is 58.2 Å². The Morgan fingerprint density at radius 2 is 1.64 bits per heavy atom. The first-order valence-electron chi connectivity index (χ1n) is 12.5. The van der Waals surface area contributed by atoms with E-state index < -0.39 is 0 Å². The maximum Gasteiger partial charge on any atom is 0.223 e. The van der Waals surface area contributed by atoms with E-state index in [9.17, 15) is 4.79 Å². The number of aromatic nitrogens is 3. The monoisotopic (exact) mass is 481 g/mol. The van der Waals surface area contributed by atoms with Crippen LogP contribution in [0.15, 0.2) is 77.3 Å². The van der Waals surface area contributed by atoms with E-state index in [0.717, 1.165) is 41.5 Å². The van der Waals surface area contributed by atoms with Gasteiger partial charge in [0.2, 0.25) is 5.91 Å². The van der Waals surface area contributed by atoms with E-state index in [-0.39, 0.29) is 5.91 Å². The number of oxazole rings is 1. The zero-order valence-corrected chi connectivity index (χ0v) is 20.8. The lowest BCUT2D eigenvalue weighted by atomic mass is 10.0. The Bertz CT molecular complexity index is 1280. The third-order valence-electron chi connectivity index (χ3n) is 6.64. The molecule has 7 nitrogen and oxygen atoms in total. The topological polar surface area (TPSA) is 75.4 Å². The first kappa shape index (κ1) is 23.7. The molecule has 0 unspecified atom stereocenters. The van der Waals surface area contributed by atoms with Crippen LogP contribution >= 0.6 is 0 Å². The average molecular weight is 482 g/mol. The highest BCUT2D eigenvalue weighted by molar-refractivity contribution is 5.76. The lowest BCUT2D eigenvalue weighted by Crippen LogP contribution is -2.49. The fourth-order valence-electron chi connectivity index (χ4n) is 4.41. The Morgan fingerprint density at radius 1 is 0.889 bits per heavy atom. The van der Waals surface area contributed by atoms with Gasteiger partial charge in [-0.2, -0.15) is 0 Å². The van der Waals surface area contributed by atoms with Crippen molar-refractivity contribution in [1.82, 2.24) is 20.1 Å². The van der Waals surface area contributed by atoms with Gasteiger partial charge in [-0.05, 0) is 23.6 Å². The molecule has 1 aliphatic rings. The third-order valence-corrected chi connectivity index (χ3v) is 6.64. The molecule has 0 aliphatic carbocycles. The fourth-order valence-corrected chi connectivity index (χ4v) is 4.41. The maximum absolute atomic E-state index is 12.8. The second-order valence-corrected chi connectivity index (χ2v) is 9.41. The van der Waals surface area contributed by atoms with Crippen molar-refractivity contribution in [2.24, 2.45) is 0 Å². The molecule has 5 rings (SSSR count). The summed E-state index contributed by atoms with van der Waals surface area (Å²) in [6.45, 7) is 7.16. The first-order valence-corrected chi connectivity index (χ1v) is 12.5. The van der Waals surface area contributed by atoms with Gasteiger partial charge in [0.05, 0.1) is 11.9 Å². The highest BCUT2D eigenvalue weighted by Crippen LogP contribution is 2.24. The lowest BCUT2D eigenvalue weighted by molar-refractivity contribution is -0.131. The molecule has 184 valence electrons. The quantitative estimate of drug-likeness (QED) is 0.361. The Hall–Kier alpha value is -4.00. The molecule has 3 heterocycles. The van der Waals surface area contributed by atoms with Crippen LogP contribution in [-0.2, 0) is 11.2 Å². The number of rotatable bonds is 7. The van der Waals surface area contributed by atoms with Gasteiger partial charge in [0.1, 0.15) is 0 Å². The van der Waals surface area contributed by atoms with E-state index in [4.69, 9.17) is 4.42 Å². The van der Waals surface area contributed by atoms with Gasteiger partial charge >= 0.3 is 0 Å². The highest BCUT2D eigenvalue weighted by atomic mass is 16.4. The number of benzene rings is 2. The summed E-state index contributed by atoms with van der Waals surface area (Å²) in [7, 11) is 0. The number of anilines is 1. The summed E-state index contributed by atoms with van der Waals surface area (Å²) in [6.07, 6.45) is 2.63. The highest BCUT2D eigenvalue weighted by Gasteiger charge is 2.22. The molecule has 0 N–H and O–H groups in total. The van der Waals surface area contributed by atoms with Crippen molar-refractivity contribution < 1.29 is 9.21 Å². The summed E-state index contributed by atoms with van der Waals surface area (Å²) in [5.74, 6) is 2.79. The normalized spacial score (nSPS) is 13.9. The minimum atomic E-state index is 0.126. The summed E-state index contributed by atoms with van der Waals surface area (Å²) < 4.78 is 5.92. The summed E-state index contributed by atoms with van der Waals surface area (Å²) in [6, 6.07) is 22.4. The van der Waals surface area contributed by atoms with Crippen LogP contribution in [-0.4, -0.2) is 52.2 Å². The molecule has 7 heteroatoms. The zero-order chi connectivity index (χ0) is 24.9. The molecule has 0 radical (unpaired) electrons. The van der Waals surface area contributed by atoms with Gasteiger partial charge in [0.15, 0.2) is 17.5 Å². The molecule has 2 aromatic carbocycles. The SMILES string of the molecule is CC(C)c1ccc(-c2cnc(CCC(=O)N3CCN(c4ccc(-c5ccccc5)nn4)CC3)o2)cc1. The molecule has 1 aliphatic heterocycles. The number of nitrogens with zero attached hydrogens (tertiary/aromatic N) is 5. The molecule has 1 saturated heterocycles. The van der Waals surface area contributed by atoms with Crippen molar-refractivity contribution >= 4 is 11.7 Å². The summed E-state index contributed by atoms with van der Waals surface area (Å²) in [4.78, 5) is 21.3. The number of carbonyl (C=O) groups excluding carboxylic acids is 1. The fraction of sp³-hybridized carbons (Fsp3) is 0.310. The molecular weight excluding hydrogens is 450 g/mol. The summed E-state index contributed by atoms with van der Waals surface area (Å²) >= 11 is 0. The number of hydrogen-bond donors (Lipinski definition) is 0. The standard InChI is InChI=1S/C29H31N5O2/c1-21(2)22-8-10-24(11-9-22)26-20-30-28(36-26)14-15-29(35)34-18-16-33(17-19-34)27-13-12-25(31-32-27)23-6-4-3-5-7-23/h3-13,20-21H,14-19H2,1-2H3. The van der Waals surface area contributed by atoms with Crippen molar-refractivity contribution in [3.8, 4) is 22.6 Å². The van der Waals surface area contributed by atoms with Crippen LogP contribution < -0.4 is 4.90 Å². The molecule has 2 aromatic heterocycles. The Kier molecular flexibility index (Phi) is 7.07. The molecule has 4 aromatic rings. The summed E-state index contributed by atoms with van der Waals surface area (Å²) in [5.41, 5.74) is 4.20. The van der Waals surface area contributed by atoms with E-state index in [1.807, 2.05) is 47.4 Å². The predicted molar refractivity (Wildman–Crippen MR) is 141 cm³/mol. The maximum atomic E-state index is 12.8. The number of hydrogen-bond acceptors (Lipinski definition) is 6. The predicted octanol–water partition coefficient (Wildman–Crippen LogP) is 5.20. The molecule has 0 bridgehead atoms. The second kappa shape index (κ2) is 10.7. The van der Waals surface area contributed by atoms with Crippen molar-refractivity contribution in [3.05, 3.63) is 84.4 Å². The van der Waals surface area contributed by atoms with Crippen molar-refractivity contribution in [2.45, 2.75) is 32.6 Å². The summed E-state index contributed by atoms with van der Waals surface area (Å²) in [5, 5.41) is 8.80. The van der Waals surface area contributed by atoms with Gasteiger partial charge in [-0.15, -0.1) is 10.2 Å². The Balaban J connectivity index is 1.10. The van der Waals surface area contributed by atoms with Gasteiger partial charge in [-0.25, -0.2) is 4.98 Å². The molecular formula is C29H31N5O2. The lowest BCUT2D eigenvalue weighted by Gasteiger charge is -2.35. The van der Waals surface area contributed by atoms with E-state index in [1.54, 1.807) is 6.20 Å². The van der Waals surface area contributed by atoms with Crippen LogP contribution in [0.1, 0.15) is 37.6 Å². The smallest absolute Gasteiger partial charge is 0.223 e. The number of carbonyl (C=O) groups is 1.